The minimum atomic E-state index is -3.68. The second-order valence-corrected chi connectivity index (χ2v) is 8.86. The summed E-state index contributed by atoms with van der Waals surface area (Å²) in [6.45, 7) is 3.95. The second kappa shape index (κ2) is 9.66. The first-order valence-electron chi connectivity index (χ1n) is 9.99. The Morgan fingerprint density at radius 3 is 2.13 bits per heavy atom. The summed E-state index contributed by atoms with van der Waals surface area (Å²) < 4.78 is 32.4. The third-order valence-electron chi connectivity index (χ3n) is 5.00. The topological polar surface area (TPSA) is 75.7 Å². The van der Waals surface area contributed by atoms with E-state index in [9.17, 15) is 13.2 Å². The molecule has 6 nitrogen and oxygen atoms in total. The number of hydrogen-bond donors (Lipinski definition) is 1. The molecule has 0 spiro atoms. The lowest BCUT2D eigenvalue weighted by atomic mass is 10.1. The molecule has 3 aromatic carbocycles. The van der Waals surface area contributed by atoms with Crippen molar-refractivity contribution in [3.05, 3.63) is 90.0 Å². The van der Waals surface area contributed by atoms with Crippen molar-refractivity contribution >= 4 is 21.6 Å². The van der Waals surface area contributed by atoms with Gasteiger partial charge in [0.2, 0.25) is 0 Å². The molecule has 0 saturated heterocycles. The van der Waals surface area contributed by atoms with Gasteiger partial charge in [0, 0.05) is 12.1 Å². The van der Waals surface area contributed by atoms with Gasteiger partial charge in [-0.1, -0.05) is 30.3 Å². The lowest BCUT2D eigenvalue weighted by molar-refractivity contribution is 0.0940. The summed E-state index contributed by atoms with van der Waals surface area (Å²) >= 11 is 0. The van der Waals surface area contributed by atoms with Gasteiger partial charge in [-0.3, -0.25) is 9.10 Å². The van der Waals surface area contributed by atoms with Gasteiger partial charge in [-0.05, 0) is 67.9 Å². The zero-order valence-corrected chi connectivity index (χ0v) is 18.6. The Kier molecular flexibility index (Phi) is 6.97. The van der Waals surface area contributed by atoms with Gasteiger partial charge in [0.1, 0.15) is 5.75 Å². The van der Waals surface area contributed by atoms with E-state index in [1.807, 2.05) is 31.2 Å². The minimum Gasteiger partial charge on any atom is -0.497 e. The fourth-order valence-electron chi connectivity index (χ4n) is 3.25. The van der Waals surface area contributed by atoms with Crippen molar-refractivity contribution in [3.63, 3.8) is 0 Å². The first-order valence-corrected chi connectivity index (χ1v) is 11.4. The number of nitrogens with zero attached hydrogens (tertiary/aromatic N) is 1. The van der Waals surface area contributed by atoms with Crippen LogP contribution in [0.1, 0.15) is 35.8 Å². The summed E-state index contributed by atoms with van der Waals surface area (Å²) in [5, 5.41) is 2.96. The Morgan fingerprint density at radius 1 is 0.968 bits per heavy atom. The summed E-state index contributed by atoms with van der Waals surface area (Å²) in [4.78, 5) is 12.9. The minimum absolute atomic E-state index is 0.191. The number of carbonyl (C=O) groups is 1. The molecular formula is C24H26N2O4S. The number of amides is 1. The molecule has 1 atom stereocenters. The highest BCUT2D eigenvalue weighted by molar-refractivity contribution is 7.92. The molecule has 0 aliphatic rings. The molecule has 31 heavy (non-hydrogen) atoms. The van der Waals surface area contributed by atoms with Gasteiger partial charge in [0.25, 0.3) is 15.9 Å². The van der Waals surface area contributed by atoms with Gasteiger partial charge < -0.3 is 10.1 Å². The highest BCUT2D eigenvalue weighted by atomic mass is 32.2. The van der Waals surface area contributed by atoms with Crippen LogP contribution in [0.2, 0.25) is 0 Å². The van der Waals surface area contributed by atoms with Gasteiger partial charge in [0.05, 0.1) is 23.7 Å². The van der Waals surface area contributed by atoms with E-state index in [2.05, 4.69) is 5.32 Å². The zero-order valence-electron chi connectivity index (χ0n) is 17.8. The number of anilines is 1. The summed E-state index contributed by atoms with van der Waals surface area (Å²) in [6, 6.07) is 22.2. The lowest BCUT2D eigenvalue weighted by Gasteiger charge is -2.23. The highest BCUT2D eigenvalue weighted by Gasteiger charge is 2.23. The summed E-state index contributed by atoms with van der Waals surface area (Å²) in [7, 11) is -2.07. The van der Waals surface area contributed by atoms with Crippen molar-refractivity contribution in [2.24, 2.45) is 0 Å². The maximum Gasteiger partial charge on any atom is 0.264 e. The Hall–Kier alpha value is -3.32. The molecule has 1 amide bonds. The van der Waals surface area contributed by atoms with Gasteiger partial charge in [-0.25, -0.2) is 8.42 Å². The standard InChI is InChI=1S/C24H26N2O4S/c1-4-26(31(28,29)23-8-6-5-7-9-23)21-14-10-20(11-15-21)24(27)25-18(2)19-12-16-22(30-3)17-13-19/h5-18H,4H2,1-3H3,(H,25,27)/t18-/m1/s1. The van der Waals surface area contributed by atoms with Crippen molar-refractivity contribution in [2.45, 2.75) is 24.8 Å². The molecule has 0 aliphatic carbocycles. The van der Waals surface area contributed by atoms with Gasteiger partial charge >= 0.3 is 0 Å². The van der Waals surface area contributed by atoms with E-state index in [0.29, 0.717) is 11.3 Å². The second-order valence-electron chi connectivity index (χ2n) is 7.00. The number of rotatable bonds is 8. The van der Waals surface area contributed by atoms with Crippen molar-refractivity contribution in [1.82, 2.24) is 5.32 Å². The Morgan fingerprint density at radius 2 is 1.58 bits per heavy atom. The van der Waals surface area contributed by atoms with Gasteiger partial charge in [-0.15, -0.1) is 0 Å². The molecule has 0 bridgehead atoms. The van der Waals surface area contributed by atoms with E-state index in [1.54, 1.807) is 68.6 Å². The van der Waals surface area contributed by atoms with Gasteiger partial charge in [-0.2, -0.15) is 0 Å². The largest absolute Gasteiger partial charge is 0.497 e. The number of sulfonamides is 1. The maximum atomic E-state index is 13.0. The highest BCUT2D eigenvalue weighted by Crippen LogP contribution is 2.24. The number of nitrogens with one attached hydrogen (secondary N) is 1. The van der Waals surface area contributed by atoms with Gasteiger partial charge in [0.15, 0.2) is 0 Å². The molecule has 3 rings (SSSR count). The smallest absolute Gasteiger partial charge is 0.264 e. The summed E-state index contributed by atoms with van der Waals surface area (Å²) in [5.74, 6) is 0.521. The molecule has 0 radical (unpaired) electrons. The molecule has 3 aromatic rings. The predicted molar refractivity (Wildman–Crippen MR) is 122 cm³/mol. The van der Waals surface area contributed by atoms with Crippen LogP contribution < -0.4 is 14.4 Å². The van der Waals surface area contributed by atoms with Crippen molar-refractivity contribution in [3.8, 4) is 5.75 Å². The van der Waals surface area contributed by atoms with Crippen LogP contribution in [0.3, 0.4) is 0 Å². The molecule has 0 heterocycles. The molecule has 0 fully saturated rings. The average Bonchev–Trinajstić information content (AvgIpc) is 2.80. The van der Waals surface area contributed by atoms with Crippen LogP contribution >= 0.6 is 0 Å². The van der Waals surface area contributed by atoms with E-state index in [4.69, 9.17) is 4.74 Å². The first-order chi connectivity index (χ1) is 14.9. The predicted octanol–water partition coefficient (Wildman–Crippen LogP) is 4.40. The summed E-state index contributed by atoms with van der Waals surface area (Å²) in [5.41, 5.74) is 1.92. The van der Waals surface area contributed by atoms with Crippen molar-refractivity contribution in [2.75, 3.05) is 18.0 Å². The van der Waals surface area contributed by atoms with Crippen LogP contribution in [0.25, 0.3) is 0 Å². The molecule has 0 aliphatic heterocycles. The molecule has 1 N–H and O–H groups in total. The first kappa shape index (κ1) is 22.4. The number of carbonyl (C=O) groups excluding carboxylic acids is 1. The Bertz CT molecular complexity index is 1110. The molecule has 0 unspecified atom stereocenters. The monoisotopic (exact) mass is 438 g/mol. The molecule has 0 aromatic heterocycles. The van der Waals surface area contributed by atoms with Crippen molar-refractivity contribution < 1.29 is 17.9 Å². The van der Waals surface area contributed by atoms with E-state index in [-0.39, 0.29) is 23.4 Å². The van der Waals surface area contributed by atoms with Crippen LogP contribution in [0, 0.1) is 0 Å². The molecule has 162 valence electrons. The average molecular weight is 439 g/mol. The van der Waals surface area contributed by atoms with Crippen LogP contribution in [0.15, 0.2) is 83.8 Å². The van der Waals surface area contributed by atoms with Crippen LogP contribution in [0.5, 0.6) is 5.75 Å². The number of benzene rings is 3. The van der Waals surface area contributed by atoms with E-state index in [1.165, 1.54) is 4.31 Å². The number of ether oxygens (including phenoxy) is 1. The SMILES string of the molecule is CCN(c1ccc(C(=O)N[C@H](C)c2ccc(OC)cc2)cc1)S(=O)(=O)c1ccccc1. The normalized spacial score (nSPS) is 12.1. The van der Waals surface area contributed by atoms with Crippen LogP contribution in [-0.2, 0) is 10.0 Å². The third kappa shape index (κ3) is 5.06. The van der Waals surface area contributed by atoms with Crippen LogP contribution in [-0.4, -0.2) is 28.0 Å². The molecular weight excluding hydrogens is 412 g/mol. The third-order valence-corrected chi connectivity index (χ3v) is 6.92. The van der Waals surface area contributed by atoms with Crippen LogP contribution in [0.4, 0.5) is 5.69 Å². The van der Waals surface area contributed by atoms with E-state index in [0.717, 1.165) is 11.3 Å². The number of hydrogen-bond acceptors (Lipinski definition) is 4. The fourth-order valence-corrected chi connectivity index (χ4v) is 4.74. The summed E-state index contributed by atoms with van der Waals surface area (Å²) in [6.07, 6.45) is 0. The van der Waals surface area contributed by atoms with E-state index >= 15 is 0 Å². The lowest BCUT2D eigenvalue weighted by Crippen LogP contribution is -2.31. The fraction of sp³-hybridized carbons (Fsp3) is 0.208. The number of methoxy groups -OCH3 is 1. The maximum absolute atomic E-state index is 13.0. The Balaban J connectivity index is 1.74. The molecule has 0 saturated carbocycles. The Labute approximate surface area is 183 Å². The quantitative estimate of drug-likeness (QED) is 0.566. The van der Waals surface area contributed by atoms with E-state index < -0.39 is 10.0 Å². The molecule has 7 heteroatoms. The van der Waals surface area contributed by atoms with Crippen molar-refractivity contribution in [1.29, 1.82) is 0 Å². The zero-order chi connectivity index (χ0) is 22.4.